The van der Waals surface area contributed by atoms with Crippen LogP contribution in [0.25, 0.3) is 0 Å². The van der Waals surface area contributed by atoms with Crippen LogP contribution in [-0.4, -0.2) is 43.1 Å². The number of hydrogen-bond acceptors (Lipinski definition) is 6. The van der Waals surface area contributed by atoms with Gasteiger partial charge in [0.2, 0.25) is 0 Å². The largest absolute Gasteiger partial charge is 0.462 e. The highest BCUT2D eigenvalue weighted by Crippen LogP contribution is 2.44. The molecule has 6 heteroatoms. The second-order valence-corrected chi connectivity index (χ2v) is 9.90. The maximum absolute atomic E-state index is 12.8. The number of esters is 2. The molecule has 1 saturated carbocycles. The molecule has 2 heterocycles. The molecule has 0 amide bonds. The van der Waals surface area contributed by atoms with Crippen molar-refractivity contribution in [2.75, 3.05) is 6.61 Å². The van der Waals surface area contributed by atoms with Crippen LogP contribution in [0.1, 0.15) is 54.4 Å². The molecule has 0 N–H and O–H groups in total. The summed E-state index contributed by atoms with van der Waals surface area (Å²) in [5.41, 5.74) is 1.78. The van der Waals surface area contributed by atoms with Crippen molar-refractivity contribution >= 4 is 11.9 Å². The lowest BCUT2D eigenvalue weighted by Gasteiger charge is -2.27. The molecule has 3 aliphatic rings. The Labute approximate surface area is 212 Å². The van der Waals surface area contributed by atoms with Crippen LogP contribution in [0.4, 0.5) is 0 Å². The predicted molar refractivity (Wildman–Crippen MR) is 134 cm³/mol. The minimum Gasteiger partial charge on any atom is -0.462 e. The van der Waals surface area contributed by atoms with Crippen molar-refractivity contribution in [3.05, 3.63) is 83.9 Å². The summed E-state index contributed by atoms with van der Waals surface area (Å²) in [4.78, 5) is 24.8. The highest BCUT2D eigenvalue weighted by molar-refractivity contribution is 5.89. The Morgan fingerprint density at radius 3 is 2.58 bits per heavy atom. The van der Waals surface area contributed by atoms with E-state index < -0.39 is 0 Å². The molecule has 3 fully saturated rings. The van der Waals surface area contributed by atoms with Crippen molar-refractivity contribution in [2.24, 2.45) is 11.8 Å². The van der Waals surface area contributed by atoms with Gasteiger partial charge in [-0.2, -0.15) is 0 Å². The minimum absolute atomic E-state index is 0.00280. The van der Waals surface area contributed by atoms with Crippen molar-refractivity contribution in [3.63, 3.8) is 0 Å². The van der Waals surface area contributed by atoms with E-state index in [-0.39, 0.29) is 48.4 Å². The fourth-order valence-corrected chi connectivity index (χ4v) is 5.50. The number of ether oxygens (including phenoxy) is 4. The van der Waals surface area contributed by atoms with Crippen molar-refractivity contribution in [3.8, 4) is 0 Å². The molecule has 1 unspecified atom stereocenters. The zero-order valence-corrected chi connectivity index (χ0v) is 20.5. The highest BCUT2D eigenvalue weighted by Gasteiger charge is 2.50. The third-order valence-electron chi connectivity index (χ3n) is 7.39. The van der Waals surface area contributed by atoms with Crippen LogP contribution < -0.4 is 0 Å². The summed E-state index contributed by atoms with van der Waals surface area (Å²) in [7, 11) is 0. The van der Waals surface area contributed by atoms with Gasteiger partial charge in [0.25, 0.3) is 0 Å². The third kappa shape index (κ3) is 6.23. The summed E-state index contributed by atoms with van der Waals surface area (Å²) in [6, 6.07) is 19.4. The van der Waals surface area contributed by atoms with Crippen LogP contribution in [0.2, 0.25) is 0 Å². The van der Waals surface area contributed by atoms with E-state index in [2.05, 4.69) is 24.3 Å². The molecule has 0 bridgehead atoms. The predicted octanol–water partition coefficient (Wildman–Crippen LogP) is 5.26. The van der Waals surface area contributed by atoms with E-state index in [0.29, 0.717) is 18.4 Å². The van der Waals surface area contributed by atoms with E-state index in [1.165, 1.54) is 5.56 Å². The number of carbonyl (C=O) groups excluding carboxylic acids is 2. The summed E-state index contributed by atoms with van der Waals surface area (Å²) >= 11 is 0. The van der Waals surface area contributed by atoms with Gasteiger partial charge < -0.3 is 18.9 Å². The van der Waals surface area contributed by atoms with E-state index in [1.807, 2.05) is 36.4 Å². The standard InChI is InChI=1S/C30H34O6/c31-28-19-25-24(26(20-27(25)35-28)36-30(32)22-11-5-2-6-12-22)17-16-23(34-29-13-7-8-18-33-29)15-14-21-9-3-1-4-10-21/h1-6,9-12,16-17,23-27,29H,7-8,13-15,18-20H2/t23-,24+,25+,26+,27-,29?/m0/s1. The van der Waals surface area contributed by atoms with E-state index in [4.69, 9.17) is 18.9 Å². The highest BCUT2D eigenvalue weighted by atomic mass is 16.7. The van der Waals surface area contributed by atoms with Gasteiger partial charge in [0.05, 0.1) is 18.1 Å². The second kappa shape index (κ2) is 11.8. The first-order chi connectivity index (χ1) is 17.7. The summed E-state index contributed by atoms with van der Waals surface area (Å²) in [6.45, 7) is 0.725. The topological polar surface area (TPSA) is 71.1 Å². The first-order valence-electron chi connectivity index (χ1n) is 13.1. The summed E-state index contributed by atoms with van der Waals surface area (Å²) in [5, 5.41) is 0. The molecule has 0 aromatic heterocycles. The second-order valence-electron chi connectivity index (χ2n) is 9.90. The number of hydrogen-bond donors (Lipinski definition) is 0. The monoisotopic (exact) mass is 490 g/mol. The fourth-order valence-electron chi connectivity index (χ4n) is 5.50. The summed E-state index contributed by atoms with van der Waals surface area (Å²) < 4.78 is 23.7. The molecular formula is C30H34O6. The van der Waals surface area contributed by atoms with E-state index in [0.717, 1.165) is 38.7 Å². The van der Waals surface area contributed by atoms with Crippen LogP contribution in [0.3, 0.4) is 0 Å². The van der Waals surface area contributed by atoms with Crippen molar-refractivity contribution < 1.29 is 28.5 Å². The van der Waals surface area contributed by atoms with Gasteiger partial charge in [0.1, 0.15) is 12.2 Å². The zero-order valence-electron chi connectivity index (χ0n) is 20.5. The molecule has 6 nitrogen and oxygen atoms in total. The van der Waals surface area contributed by atoms with Gasteiger partial charge in [-0.15, -0.1) is 0 Å². The normalized spacial score (nSPS) is 28.6. The fraction of sp³-hybridized carbons (Fsp3) is 0.467. The first kappa shape index (κ1) is 24.7. The molecule has 2 aliphatic heterocycles. The number of rotatable bonds is 9. The Morgan fingerprint density at radius 2 is 1.83 bits per heavy atom. The van der Waals surface area contributed by atoms with Crippen molar-refractivity contribution in [1.82, 2.24) is 0 Å². The van der Waals surface area contributed by atoms with Crippen LogP contribution in [-0.2, 0) is 30.2 Å². The maximum atomic E-state index is 12.8. The first-order valence-corrected chi connectivity index (χ1v) is 13.1. The Balaban J connectivity index is 1.30. The Morgan fingerprint density at radius 1 is 1.06 bits per heavy atom. The van der Waals surface area contributed by atoms with Gasteiger partial charge in [-0.3, -0.25) is 4.79 Å². The average Bonchev–Trinajstić information content (AvgIpc) is 3.42. The number of carbonyl (C=O) groups is 2. The van der Waals surface area contributed by atoms with Gasteiger partial charge in [-0.1, -0.05) is 60.7 Å². The lowest BCUT2D eigenvalue weighted by atomic mass is 9.91. The molecular weight excluding hydrogens is 456 g/mol. The smallest absolute Gasteiger partial charge is 0.338 e. The van der Waals surface area contributed by atoms with Crippen LogP contribution in [0.15, 0.2) is 72.8 Å². The van der Waals surface area contributed by atoms with Crippen LogP contribution >= 0.6 is 0 Å². The Kier molecular flexibility index (Phi) is 8.14. The molecule has 190 valence electrons. The number of aryl methyl sites for hydroxylation is 1. The molecule has 36 heavy (non-hydrogen) atoms. The zero-order chi connectivity index (χ0) is 24.7. The summed E-state index contributed by atoms with van der Waals surface area (Å²) in [6.07, 6.45) is 8.88. The lowest BCUT2D eigenvalue weighted by Crippen LogP contribution is -2.28. The average molecular weight is 491 g/mol. The molecule has 0 spiro atoms. The van der Waals surface area contributed by atoms with Gasteiger partial charge in [-0.25, -0.2) is 4.79 Å². The van der Waals surface area contributed by atoms with Gasteiger partial charge >= 0.3 is 11.9 Å². The Hall–Kier alpha value is -2.96. The van der Waals surface area contributed by atoms with E-state index >= 15 is 0 Å². The number of fused-ring (bicyclic) bond motifs is 1. The van der Waals surface area contributed by atoms with Crippen molar-refractivity contribution in [1.29, 1.82) is 0 Å². The van der Waals surface area contributed by atoms with Crippen molar-refractivity contribution in [2.45, 2.75) is 69.5 Å². The van der Waals surface area contributed by atoms with E-state index in [1.54, 1.807) is 12.1 Å². The number of benzene rings is 2. The van der Waals surface area contributed by atoms with E-state index in [9.17, 15) is 9.59 Å². The molecule has 2 aromatic carbocycles. The van der Waals surface area contributed by atoms with Gasteiger partial charge in [-0.05, 0) is 49.8 Å². The van der Waals surface area contributed by atoms with Crippen LogP contribution in [0, 0.1) is 11.8 Å². The molecule has 5 rings (SSSR count). The molecule has 1 aliphatic carbocycles. The SMILES string of the molecule is O=C1C[C@@H]2[C@@H](C=C[C@H](CCc3ccccc3)OC3CCCCO3)[C@H](OC(=O)c3ccccc3)C[C@@H]2O1. The van der Waals surface area contributed by atoms with Crippen LogP contribution in [0.5, 0.6) is 0 Å². The van der Waals surface area contributed by atoms with Gasteiger partial charge in [0, 0.05) is 24.9 Å². The Bertz CT molecular complexity index is 1030. The molecule has 2 aromatic rings. The molecule has 2 saturated heterocycles. The maximum Gasteiger partial charge on any atom is 0.338 e. The lowest BCUT2D eigenvalue weighted by molar-refractivity contribution is -0.179. The molecule has 6 atom stereocenters. The molecule has 0 radical (unpaired) electrons. The van der Waals surface area contributed by atoms with Gasteiger partial charge in [0.15, 0.2) is 6.29 Å². The quantitative estimate of drug-likeness (QED) is 0.353. The minimum atomic E-state index is -0.349. The summed E-state index contributed by atoms with van der Waals surface area (Å²) in [5.74, 6) is -0.631. The third-order valence-corrected chi connectivity index (χ3v) is 7.39.